The number of nitrogens with zero attached hydrogens (tertiary/aromatic N) is 3. The van der Waals surface area contributed by atoms with Crippen molar-refractivity contribution in [1.82, 2.24) is 20.1 Å². The molecule has 0 saturated carbocycles. The predicted molar refractivity (Wildman–Crippen MR) is 117 cm³/mol. The molecule has 1 aromatic heterocycles. The van der Waals surface area contributed by atoms with E-state index in [2.05, 4.69) is 15.2 Å². The zero-order chi connectivity index (χ0) is 21.8. The van der Waals surface area contributed by atoms with Crippen molar-refractivity contribution < 1.29 is 14.3 Å². The van der Waals surface area contributed by atoms with Gasteiger partial charge in [0.15, 0.2) is 0 Å². The number of hydrogen-bond donors (Lipinski definition) is 1. The van der Waals surface area contributed by atoms with E-state index in [1.165, 1.54) is 0 Å². The summed E-state index contributed by atoms with van der Waals surface area (Å²) < 4.78 is 5.50. The van der Waals surface area contributed by atoms with Crippen LogP contribution in [0.2, 0.25) is 5.02 Å². The number of morpholine rings is 1. The molecule has 7 nitrogen and oxygen atoms in total. The molecule has 31 heavy (non-hydrogen) atoms. The number of pyridine rings is 1. The van der Waals surface area contributed by atoms with Crippen LogP contribution in [0.15, 0.2) is 48.8 Å². The number of carbonyl (C=O) groups excluding carboxylic acids is 2. The van der Waals surface area contributed by atoms with E-state index < -0.39 is 5.92 Å². The summed E-state index contributed by atoms with van der Waals surface area (Å²) in [4.78, 5) is 33.8. The van der Waals surface area contributed by atoms with Gasteiger partial charge in [-0.2, -0.15) is 0 Å². The van der Waals surface area contributed by atoms with Crippen molar-refractivity contribution in [2.45, 2.75) is 18.5 Å². The van der Waals surface area contributed by atoms with Crippen LogP contribution < -0.4 is 5.32 Å². The molecule has 0 aliphatic carbocycles. The fourth-order valence-electron chi connectivity index (χ4n) is 4.47. The van der Waals surface area contributed by atoms with Crippen molar-refractivity contribution >= 4 is 23.4 Å². The Morgan fingerprint density at radius 3 is 2.68 bits per heavy atom. The van der Waals surface area contributed by atoms with Crippen molar-refractivity contribution in [3.8, 4) is 0 Å². The molecule has 2 aliphatic rings. The molecule has 4 rings (SSSR count). The van der Waals surface area contributed by atoms with Gasteiger partial charge in [0.2, 0.25) is 11.8 Å². The summed E-state index contributed by atoms with van der Waals surface area (Å²) >= 11 is 6.07. The highest BCUT2D eigenvalue weighted by atomic mass is 35.5. The molecule has 0 spiro atoms. The van der Waals surface area contributed by atoms with Crippen LogP contribution in [0.4, 0.5) is 0 Å². The number of aromatic nitrogens is 1. The van der Waals surface area contributed by atoms with E-state index in [-0.39, 0.29) is 30.3 Å². The Morgan fingerprint density at radius 2 is 2.00 bits per heavy atom. The van der Waals surface area contributed by atoms with Gasteiger partial charge in [-0.3, -0.25) is 19.5 Å². The molecule has 2 fully saturated rings. The maximum Gasteiger partial charge on any atom is 0.226 e. The van der Waals surface area contributed by atoms with Crippen LogP contribution >= 0.6 is 11.6 Å². The molecule has 2 saturated heterocycles. The van der Waals surface area contributed by atoms with Crippen LogP contribution in [-0.4, -0.2) is 66.5 Å². The molecule has 164 valence electrons. The van der Waals surface area contributed by atoms with Gasteiger partial charge in [-0.05, 0) is 29.3 Å². The standard InChI is InChI=1S/C23H27ClN4O3/c1-27-21(29)13-19(22(27)17-3-2-8-25-14-17)23(30)26-15-20(28-9-11-31-12-10-28)16-4-6-18(24)7-5-16/h2-8,14,19-20,22H,9-13,15H2,1H3,(H,26,30). The molecule has 8 heteroatoms. The first-order valence-corrected chi connectivity index (χ1v) is 10.9. The highest BCUT2D eigenvalue weighted by Crippen LogP contribution is 2.37. The van der Waals surface area contributed by atoms with Gasteiger partial charge in [-0.1, -0.05) is 29.8 Å². The molecule has 0 radical (unpaired) electrons. The normalized spacial score (nSPS) is 23.0. The topological polar surface area (TPSA) is 74.8 Å². The highest BCUT2D eigenvalue weighted by Gasteiger charge is 2.43. The van der Waals surface area contributed by atoms with E-state index in [4.69, 9.17) is 16.3 Å². The first kappa shape index (κ1) is 21.7. The maximum atomic E-state index is 13.2. The summed E-state index contributed by atoms with van der Waals surface area (Å²) in [5.74, 6) is -0.590. The number of nitrogens with one attached hydrogen (secondary N) is 1. The van der Waals surface area contributed by atoms with Crippen LogP contribution in [0.1, 0.15) is 29.6 Å². The summed E-state index contributed by atoms with van der Waals surface area (Å²) in [6, 6.07) is 11.2. The van der Waals surface area contributed by atoms with E-state index in [1.807, 2.05) is 36.4 Å². The molecule has 3 unspecified atom stereocenters. The quantitative estimate of drug-likeness (QED) is 0.743. The molecule has 1 aromatic carbocycles. The van der Waals surface area contributed by atoms with Crippen molar-refractivity contribution in [1.29, 1.82) is 0 Å². The fraction of sp³-hybridized carbons (Fsp3) is 0.435. The Bertz CT molecular complexity index is 903. The third kappa shape index (κ3) is 4.89. The lowest BCUT2D eigenvalue weighted by molar-refractivity contribution is -0.128. The Labute approximate surface area is 187 Å². The zero-order valence-corrected chi connectivity index (χ0v) is 18.3. The lowest BCUT2D eigenvalue weighted by Crippen LogP contribution is -2.45. The Hall–Kier alpha value is -2.48. The number of ether oxygens (including phenoxy) is 1. The summed E-state index contributed by atoms with van der Waals surface area (Å²) in [5.41, 5.74) is 1.97. The fourth-order valence-corrected chi connectivity index (χ4v) is 4.60. The van der Waals surface area contributed by atoms with Gasteiger partial charge in [-0.25, -0.2) is 0 Å². The van der Waals surface area contributed by atoms with E-state index in [1.54, 1.807) is 24.3 Å². The third-order valence-corrected chi connectivity index (χ3v) is 6.41. The van der Waals surface area contributed by atoms with Crippen molar-refractivity contribution in [3.05, 3.63) is 64.9 Å². The average molecular weight is 443 g/mol. The van der Waals surface area contributed by atoms with Crippen LogP contribution in [0.3, 0.4) is 0 Å². The predicted octanol–water partition coefficient (Wildman–Crippen LogP) is 2.44. The van der Waals surface area contributed by atoms with Crippen LogP contribution in [0.5, 0.6) is 0 Å². The minimum atomic E-state index is -0.447. The lowest BCUT2D eigenvalue weighted by atomic mass is 9.93. The largest absolute Gasteiger partial charge is 0.379 e. The van der Waals surface area contributed by atoms with Gasteiger partial charge >= 0.3 is 0 Å². The van der Waals surface area contributed by atoms with Gasteiger partial charge < -0.3 is 15.0 Å². The van der Waals surface area contributed by atoms with Crippen molar-refractivity contribution in [2.75, 3.05) is 39.9 Å². The van der Waals surface area contributed by atoms with Crippen molar-refractivity contribution in [2.24, 2.45) is 5.92 Å². The first-order chi connectivity index (χ1) is 15.0. The number of amides is 2. The number of carbonyl (C=O) groups is 2. The molecule has 2 aliphatic heterocycles. The van der Waals surface area contributed by atoms with Gasteiger partial charge in [-0.15, -0.1) is 0 Å². The Balaban J connectivity index is 1.50. The highest BCUT2D eigenvalue weighted by molar-refractivity contribution is 6.30. The third-order valence-electron chi connectivity index (χ3n) is 6.16. The molecular formula is C23H27ClN4O3. The molecule has 2 amide bonds. The average Bonchev–Trinajstić information content (AvgIpc) is 3.10. The summed E-state index contributed by atoms with van der Waals surface area (Å²) in [5, 5.41) is 3.80. The van der Waals surface area contributed by atoms with E-state index in [0.717, 1.165) is 24.2 Å². The van der Waals surface area contributed by atoms with Crippen LogP contribution in [0, 0.1) is 5.92 Å². The number of halogens is 1. The van der Waals surface area contributed by atoms with E-state index in [0.29, 0.717) is 24.8 Å². The molecule has 0 bridgehead atoms. The van der Waals surface area contributed by atoms with Gasteiger partial charge in [0.05, 0.1) is 31.2 Å². The molecule has 1 N–H and O–H groups in total. The van der Waals surface area contributed by atoms with Gasteiger partial charge in [0.25, 0.3) is 0 Å². The number of benzene rings is 1. The van der Waals surface area contributed by atoms with E-state index in [9.17, 15) is 9.59 Å². The van der Waals surface area contributed by atoms with Crippen LogP contribution in [0.25, 0.3) is 0 Å². The minimum Gasteiger partial charge on any atom is -0.379 e. The number of likely N-dealkylation sites (tertiary alicyclic amines) is 1. The second kappa shape index (κ2) is 9.77. The smallest absolute Gasteiger partial charge is 0.226 e. The van der Waals surface area contributed by atoms with Crippen molar-refractivity contribution in [3.63, 3.8) is 0 Å². The van der Waals surface area contributed by atoms with E-state index >= 15 is 0 Å². The van der Waals surface area contributed by atoms with Gasteiger partial charge in [0.1, 0.15) is 0 Å². The molecular weight excluding hydrogens is 416 g/mol. The number of hydrogen-bond acceptors (Lipinski definition) is 5. The second-order valence-corrected chi connectivity index (χ2v) is 8.44. The lowest BCUT2D eigenvalue weighted by Gasteiger charge is -2.35. The molecule has 2 aromatic rings. The Morgan fingerprint density at radius 1 is 1.26 bits per heavy atom. The SMILES string of the molecule is CN1C(=O)CC(C(=O)NCC(c2ccc(Cl)cc2)N2CCOCC2)C1c1cccnc1. The monoisotopic (exact) mass is 442 g/mol. The summed E-state index contributed by atoms with van der Waals surface area (Å²) in [7, 11) is 1.75. The zero-order valence-electron chi connectivity index (χ0n) is 17.5. The summed E-state index contributed by atoms with van der Waals surface area (Å²) in [6.07, 6.45) is 3.61. The second-order valence-electron chi connectivity index (χ2n) is 8.01. The summed E-state index contributed by atoms with van der Waals surface area (Å²) in [6.45, 7) is 3.39. The Kier molecular flexibility index (Phi) is 6.85. The van der Waals surface area contributed by atoms with Crippen LogP contribution in [-0.2, 0) is 14.3 Å². The maximum absolute atomic E-state index is 13.2. The molecule has 3 heterocycles. The number of rotatable bonds is 6. The minimum absolute atomic E-state index is 0.0109. The van der Waals surface area contributed by atoms with Gasteiger partial charge in [0, 0.05) is 50.5 Å². The first-order valence-electron chi connectivity index (χ1n) is 10.5. The molecule has 3 atom stereocenters.